The summed E-state index contributed by atoms with van der Waals surface area (Å²) in [7, 11) is 0. The topological polar surface area (TPSA) is 49.3 Å². The van der Waals surface area contributed by atoms with Crippen LogP contribution < -0.4 is 5.32 Å². The number of carbonyl (C=O) groups excluding carboxylic acids is 1. The van der Waals surface area contributed by atoms with Gasteiger partial charge in [-0.2, -0.15) is 0 Å². The van der Waals surface area contributed by atoms with Crippen LogP contribution >= 0.6 is 11.6 Å². The standard InChI is InChI=1S/C15H13ClFNO2/c16-13-6-3-11(9-14(13)17)15(20)18-8-7-10-1-4-12(19)5-2-10/h1-6,9,19H,7-8H2,(H,18,20). The van der Waals surface area contributed by atoms with Gasteiger partial charge in [0.05, 0.1) is 5.02 Å². The molecule has 0 spiro atoms. The zero-order valence-electron chi connectivity index (χ0n) is 10.6. The first-order chi connectivity index (χ1) is 9.56. The molecule has 0 aromatic heterocycles. The zero-order valence-corrected chi connectivity index (χ0v) is 11.3. The molecule has 0 fully saturated rings. The van der Waals surface area contributed by atoms with Crippen molar-refractivity contribution in [2.24, 2.45) is 0 Å². The van der Waals surface area contributed by atoms with E-state index in [1.165, 1.54) is 12.1 Å². The Balaban J connectivity index is 1.88. The van der Waals surface area contributed by atoms with Gasteiger partial charge in [-0.3, -0.25) is 4.79 Å². The van der Waals surface area contributed by atoms with Gasteiger partial charge in [-0.05, 0) is 42.3 Å². The van der Waals surface area contributed by atoms with Crippen LogP contribution in [0.4, 0.5) is 4.39 Å². The minimum Gasteiger partial charge on any atom is -0.508 e. The molecule has 0 aliphatic heterocycles. The second-order valence-electron chi connectivity index (χ2n) is 4.30. The van der Waals surface area contributed by atoms with E-state index in [2.05, 4.69) is 5.32 Å². The lowest BCUT2D eigenvalue weighted by atomic mass is 10.1. The lowest BCUT2D eigenvalue weighted by molar-refractivity contribution is 0.0953. The van der Waals surface area contributed by atoms with Crippen molar-refractivity contribution in [1.29, 1.82) is 0 Å². The smallest absolute Gasteiger partial charge is 0.251 e. The summed E-state index contributed by atoms with van der Waals surface area (Å²) in [6, 6.07) is 10.7. The van der Waals surface area contributed by atoms with Gasteiger partial charge in [0.15, 0.2) is 0 Å². The summed E-state index contributed by atoms with van der Waals surface area (Å²) in [6.07, 6.45) is 0.627. The number of aromatic hydroxyl groups is 1. The lowest BCUT2D eigenvalue weighted by Crippen LogP contribution is -2.25. The monoisotopic (exact) mass is 293 g/mol. The number of benzene rings is 2. The second-order valence-corrected chi connectivity index (χ2v) is 4.71. The Hall–Kier alpha value is -2.07. The Labute approximate surface area is 121 Å². The highest BCUT2D eigenvalue weighted by molar-refractivity contribution is 6.30. The van der Waals surface area contributed by atoms with Gasteiger partial charge in [-0.15, -0.1) is 0 Å². The summed E-state index contributed by atoms with van der Waals surface area (Å²) >= 11 is 5.56. The summed E-state index contributed by atoms with van der Waals surface area (Å²) in [5.74, 6) is -0.758. The number of hydrogen-bond acceptors (Lipinski definition) is 2. The van der Waals surface area contributed by atoms with E-state index in [0.717, 1.165) is 11.6 Å². The number of rotatable bonds is 4. The lowest BCUT2D eigenvalue weighted by Gasteiger charge is -2.06. The van der Waals surface area contributed by atoms with E-state index < -0.39 is 5.82 Å². The van der Waals surface area contributed by atoms with Crippen molar-refractivity contribution in [3.63, 3.8) is 0 Å². The van der Waals surface area contributed by atoms with Gasteiger partial charge in [-0.1, -0.05) is 23.7 Å². The maximum absolute atomic E-state index is 13.2. The van der Waals surface area contributed by atoms with E-state index in [4.69, 9.17) is 16.7 Å². The van der Waals surface area contributed by atoms with Gasteiger partial charge in [0.2, 0.25) is 0 Å². The highest BCUT2D eigenvalue weighted by atomic mass is 35.5. The van der Waals surface area contributed by atoms with Crippen molar-refractivity contribution in [2.75, 3.05) is 6.54 Å². The highest BCUT2D eigenvalue weighted by Gasteiger charge is 2.08. The van der Waals surface area contributed by atoms with E-state index in [1.54, 1.807) is 24.3 Å². The first kappa shape index (κ1) is 14.3. The molecule has 20 heavy (non-hydrogen) atoms. The van der Waals surface area contributed by atoms with E-state index in [1.807, 2.05) is 0 Å². The summed E-state index contributed by atoms with van der Waals surface area (Å²) in [5, 5.41) is 11.8. The van der Waals surface area contributed by atoms with Gasteiger partial charge in [0.1, 0.15) is 11.6 Å². The fraction of sp³-hybridized carbons (Fsp3) is 0.133. The maximum Gasteiger partial charge on any atom is 0.251 e. The number of amides is 1. The highest BCUT2D eigenvalue weighted by Crippen LogP contribution is 2.15. The largest absolute Gasteiger partial charge is 0.508 e. The maximum atomic E-state index is 13.2. The summed E-state index contributed by atoms with van der Waals surface area (Å²) < 4.78 is 13.2. The van der Waals surface area contributed by atoms with Crippen molar-refractivity contribution in [1.82, 2.24) is 5.32 Å². The third kappa shape index (κ3) is 3.71. The van der Waals surface area contributed by atoms with Crippen LogP contribution in [-0.4, -0.2) is 17.6 Å². The van der Waals surface area contributed by atoms with E-state index in [-0.39, 0.29) is 22.2 Å². The average molecular weight is 294 g/mol. The number of halogens is 2. The molecule has 0 aliphatic rings. The van der Waals surface area contributed by atoms with Crippen LogP contribution in [0.1, 0.15) is 15.9 Å². The van der Waals surface area contributed by atoms with Gasteiger partial charge < -0.3 is 10.4 Å². The number of phenols is 1. The molecule has 0 radical (unpaired) electrons. The first-order valence-electron chi connectivity index (χ1n) is 6.07. The Kier molecular flexibility index (Phi) is 4.58. The first-order valence-corrected chi connectivity index (χ1v) is 6.45. The van der Waals surface area contributed by atoms with Gasteiger partial charge in [0.25, 0.3) is 5.91 Å². The molecule has 0 aliphatic carbocycles. The molecule has 1 amide bonds. The molecular weight excluding hydrogens is 281 g/mol. The van der Waals surface area contributed by atoms with Crippen molar-refractivity contribution in [2.45, 2.75) is 6.42 Å². The minimum absolute atomic E-state index is 0.00866. The van der Waals surface area contributed by atoms with Crippen molar-refractivity contribution in [3.8, 4) is 5.75 Å². The predicted molar refractivity (Wildman–Crippen MR) is 75.6 cm³/mol. The van der Waals surface area contributed by atoms with E-state index in [0.29, 0.717) is 13.0 Å². The molecule has 0 saturated heterocycles. The number of phenolic OH excluding ortho intramolecular Hbond substituents is 1. The molecule has 3 nitrogen and oxygen atoms in total. The minimum atomic E-state index is -0.613. The van der Waals surface area contributed by atoms with Crippen LogP contribution in [0.3, 0.4) is 0 Å². The fourth-order valence-corrected chi connectivity index (χ4v) is 1.84. The molecule has 2 rings (SSSR count). The normalized spacial score (nSPS) is 10.3. The van der Waals surface area contributed by atoms with Crippen LogP contribution in [0.2, 0.25) is 5.02 Å². The molecule has 104 valence electrons. The average Bonchev–Trinajstić information content (AvgIpc) is 2.44. The summed E-state index contributed by atoms with van der Waals surface area (Å²) in [5.41, 5.74) is 1.22. The van der Waals surface area contributed by atoms with Crippen LogP contribution in [0.15, 0.2) is 42.5 Å². The van der Waals surface area contributed by atoms with Crippen LogP contribution in [0, 0.1) is 5.82 Å². The van der Waals surface area contributed by atoms with Gasteiger partial charge in [-0.25, -0.2) is 4.39 Å². The Morgan fingerprint density at radius 3 is 2.55 bits per heavy atom. The molecule has 0 bridgehead atoms. The molecule has 0 unspecified atom stereocenters. The third-order valence-corrected chi connectivity index (χ3v) is 3.12. The SMILES string of the molecule is O=C(NCCc1ccc(O)cc1)c1ccc(Cl)c(F)c1. The molecule has 5 heteroatoms. The van der Waals surface area contributed by atoms with Crippen LogP contribution in [0.5, 0.6) is 5.75 Å². The van der Waals surface area contributed by atoms with Crippen LogP contribution in [0.25, 0.3) is 0 Å². The molecule has 0 saturated carbocycles. The van der Waals surface area contributed by atoms with Crippen LogP contribution in [-0.2, 0) is 6.42 Å². The van der Waals surface area contributed by atoms with Crippen molar-refractivity contribution in [3.05, 3.63) is 64.4 Å². The molecule has 0 atom stereocenters. The Bertz CT molecular complexity index is 614. The van der Waals surface area contributed by atoms with Crippen molar-refractivity contribution < 1.29 is 14.3 Å². The quantitative estimate of drug-likeness (QED) is 0.910. The number of nitrogens with one attached hydrogen (secondary N) is 1. The fourth-order valence-electron chi connectivity index (χ4n) is 1.72. The molecule has 2 N–H and O–H groups in total. The molecule has 0 heterocycles. The molecular formula is C15H13ClFNO2. The van der Waals surface area contributed by atoms with E-state index >= 15 is 0 Å². The number of hydrogen-bond donors (Lipinski definition) is 2. The third-order valence-electron chi connectivity index (χ3n) is 2.82. The summed E-state index contributed by atoms with van der Waals surface area (Å²) in [4.78, 5) is 11.8. The molecule has 2 aromatic rings. The van der Waals surface area contributed by atoms with E-state index in [9.17, 15) is 9.18 Å². The second kappa shape index (κ2) is 6.39. The number of carbonyl (C=O) groups is 1. The molecule has 2 aromatic carbocycles. The Morgan fingerprint density at radius 2 is 1.90 bits per heavy atom. The van der Waals surface area contributed by atoms with Gasteiger partial charge >= 0.3 is 0 Å². The zero-order chi connectivity index (χ0) is 14.5. The van der Waals surface area contributed by atoms with Gasteiger partial charge in [0, 0.05) is 12.1 Å². The van der Waals surface area contributed by atoms with Crippen molar-refractivity contribution >= 4 is 17.5 Å². The predicted octanol–water partition coefficient (Wildman–Crippen LogP) is 3.16. The Morgan fingerprint density at radius 1 is 1.20 bits per heavy atom. The summed E-state index contributed by atoms with van der Waals surface area (Å²) in [6.45, 7) is 0.424.